The molecule has 2 aromatic heterocycles. The van der Waals surface area contributed by atoms with E-state index in [9.17, 15) is 9.59 Å². The molecule has 0 atom stereocenters. The van der Waals surface area contributed by atoms with Crippen LogP contribution in [0.2, 0.25) is 0 Å². The molecule has 0 radical (unpaired) electrons. The van der Waals surface area contributed by atoms with Crippen molar-refractivity contribution in [2.45, 2.75) is 26.9 Å². The largest absolute Gasteiger partial charge is 0.461 e. The van der Waals surface area contributed by atoms with E-state index in [-0.39, 0.29) is 23.9 Å². The van der Waals surface area contributed by atoms with Gasteiger partial charge in [-0.25, -0.2) is 4.79 Å². The molecule has 0 aliphatic rings. The zero-order valence-corrected chi connectivity index (χ0v) is 13.8. The summed E-state index contributed by atoms with van der Waals surface area (Å²) in [6.45, 7) is 5.14. The molecule has 124 valence electrons. The molecule has 0 saturated carbocycles. The molecule has 0 saturated heterocycles. The molecule has 0 N–H and O–H groups in total. The second-order valence-electron chi connectivity index (χ2n) is 5.06. The van der Waals surface area contributed by atoms with Crippen LogP contribution in [-0.2, 0) is 24.9 Å². The Balaban J connectivity index is 2.14. The molecule has 8 heteroatoms. The summed E-state index contributed by atoms with van der Waals surface area (Å²) in [6, 6.07) is 3.32. The lowest BCUT2D eigenvalue weighted by molar-refractivity contribution is 0.0513. The van der Waals surface area contributed by atoms with Crippen molar-refractivity contribution in [3.63, 3.8) is 0 Å². The normalized spacial score (nSPS) is 10.6. The molecule has 0 bridgehead atoms. The lowest BCUT2D eigenvalue weighted by Crippen LogP contribution is -2.27. The number of esters is 1. The third-order valence-corrected chi connectivity index (χ3v) is 3.43. The maximum atomic E-state index is 12.5. The summed E-state index contributed by atoms with van der Waals surface area (Å²) >= 11 is 0. The number of amides is 1. The van der Waals surface area contributed by atoms with Crippen LogP contribution in [0.3, 0.4) is 0 Å². The highest BCUT2D eigenvalue weighted by atomic mass is 16.5. The molecule has 0 unspecified atom stereocenters. The summed E-state index contributed by atoms with van der Waals surface area (Å²) in [5.41, 5.74) is 1.40. The van der Waals surface area contributed by atoms with Gasteiger partial charge >= 0.3 is 5.97 Å². The average molecular weight is 319 g/mol. The van der Waals surface area contributed by atoms with Crippen molar-refractivity contribution >= 4 is 11.9 Å². The summed E-state index contributed by atoms with van der Waals surface area (Å²) in [7, 11) is 3.29. The molecular weight excluding hydrogens is 298 g/mol. The van der Waals surface area contributed by atoms with Crippen LogP contribution in [0.15, 0.2) is 18.3 Å². The smallest absolute Gasteiger partial charge is 0.356 e. The highest BCUT2D eigenvalue weighted by molar-refractivity contribution is 5.95. The fraction of sp³-hybridized carbons (Fsp3) is 0.467. The van der Waals surface area contributed by atoms with Crippen molar-refractivity contribution in [2.24, 2.45) is 7.05 Å². The Morgan fingerprint density at radius 3 is 2.74 bits per heavy atom. The van der Waals surface area contributed by atoms with Crippen molar-refractivity contribution < 1.29 is 14.3 Å². The van der Waals surface area contributed by atoms with Gasteiger partial charge in [-0.1, -0.05) is 0 Å². The number of aromatic nitrogens is 4. The maximum absolute atomic E-state index is 12.5. The number of carbonyl (C=O) groups is 2. The zero-order valence-electron chi connectivity index (χ0n) is 13.8. The molecule has 0 fully saturated rings. The lowest BCUT2D eigenvalue weighted by atomic mass is 10.3. The fourth-order valence-corrected chi connectivity index (χ4v) is 2.26. The van der Waals surface area contributed by atoms with Gasteiger partial charge in [0.1, 0.15) is 5.69 Å². The van der Waals surface area contributed by atoms with E-state index in [0.29, 0.717) is 6.54 Å². The van der Waals surface area contributed by atoms with E-state index in [1.54, 1.807) is 32.1 Å². The Labute approximate surface area is 134 Å². The topological polar surface area (TPSA) is 82.2 Å². The monoisotopic (exact) mass is 319 g/mol. The summed E-state index contributed by atoms with van der Waals surface area (Å²) in [6.07, 6.45) is 1.71. The Bertz CT molecular complexity index is 704. The predicted molar refractivity (Wildman–Crippen MR) is 82.9 cm³/mol. The van der Waals surface area contributed by atoms with Crippen molar-refractivity contribution in [3.05, 3.63) is 35.4 Å². The highest BCUT2D eigenvalue weighted by Gasteiger charge is 2.21. The SMILES string of the molecule is CCOC(=O)c1cc(C(=O)N(C)Cc2ccnn2CC)nn1C. The zero-order chi connectivity index (χ0) is 17.0. The Morgan fingerprint density at radius 2 is 2.09 bits per heavy atom. The molecule has 2 aromatic rings. The van der Waals surface area contributed by atoms with Gasteiger partial charge in [0.15, 0.2) is 5.69 Å². The van der Waals surface area contributed by atoms with Crippen LogP contribution in [0.5, 0.6) is 0 Å². The minimum absolute atomic E-state index is 0.209. The first-order valence-corrected chi connectivity index (χ1v) is 7.45. The van der Waals surface area contributed by atoms with Gasteiger partial charge in [-0.2, -0.15) is 10.2 Å². The summed E-state index contributed by atoms with van der Waals surface area (Å²) < 4.78 is 8.12. The van der Waals surface area contributed by atoms with Crippen molar-refractivity contribution in [2.75, 3.05) is 13.7 Å². The molecular formula is C15H21N5O3. The van der Waals surface area contributed by atoms with Gasteiger partial charge in [-0.3, -0.25) is 14.2 Å². The van der Waals surface area contributed by atoms with Gasteiger partial charge in [-0.05, 0) is 19.9 Å². The average Bonchev–Trinajstić information content (AvgIpc) is 3.12. The van der Waals surface area contributed by atoms with Gasteiger partial charge in [0.2, 0.25) is 0 Å². The molecule has 1 amide bonds. The quantitative estimate of drug-likeness (QED) is 0.744. The Kier molecular flexibility index (Phi) is 5.15. The summed E-state index contributed by atoms with van der Waals surface area (Å²) in [4.78, 5) is 25.8. The van der Waals surface area contributed by atoms with Gasteiger partial charge in [0.25, 0.3) is 5.91 Å². The minimum Gasteiger partial charge on any atom is -0.461 e. The van der Waals surface area contributed by atoms with Crippen molar-refractivity contribution in [3.8, 4) is 0 Å². The van der Waals surface area contributed by atoms with Crippen molar-refractivity contribution in [1.82, 2.24) is 24.5 Å². The van der Waals surface area contributed by atoms with E-state index in [2.05, 4.69) is 10.2 Å². The number of nitrogens with zero attached hydrogens (tertiary/aromatic N) is 5. The standard InChI is InChI=1S/C15H21N5O3/c1-5-20-11(7-8-16-20)10-18(3)14(21)12-9-13(19(4)17-12)15(22)23-6-2/h7-9H,5-6,10H2,1-4H3. The molecule has 23 heavy (non-hydrogen) atoms. The van der Waals surface area contributed by atoms with Crippen LogP contribution in [-0.4, -0.2) is 50.0 Å². The van der Waals surface area contributed by atoms with Gasteiger partial charge in [0.05, 0.1) is 18.8 Å². The second kappa shape index (κ2) is 7.08. The van der Waals surface area contributed by atoms with Crippen LogP contribution < -0.4 is 0 Å². The molecule has 0 aliphatic carbocycles. The van der Waals surface area contributed by atoms with Crippen LogP contribution in [0.1, 0.15) is 40.5 Å². The molecule has 2 heterocycles. The molecule has 8 nitrogen and oxygen atoms in total. The van der Waals surface area contributed by atoms with Crippen LogP contribution in [0.4, 0.5) is 0 Å². The van der Waals surface area contributed by atoms with E-state index >= 15 is 0 Å². The summed E-state index contributed by atoms with van der Waals surface area (Å²) in [5, 5.41) is 8.29. The molecule has 0 spiro atoms. The lowest BCUT2D eigenvalue weighted by Gasteiger charge is -2.16. The highest BCUT2D eigenvalue weighted by Crippen LogP contribution is 2.10. The number of aryl methyl sites for hydroxylation is 2. The number of rotatable bonds is 6. The third kappa shape index (κ3) is 3.58. The Hall–Kier alpha value is -2.64. The molecule has 0 aliphatic heterocycles. The Morgan fingerprint density at radius 1 is 1.35 bits per heavy atom. The maximum Gasteiger partial charge on any atom is 0.356 e. The minimum atomic E-state index is -0.492. The van der Waals surface area contributed by atoms with E-state index < -0.39 is 5.97 Å². The van der Waals surface area contributed by atoms with Gasteiger partial charge in [0, 0.05) is 32.9 Å². The number of carbonyl (C=O) groups excluding carboxylic acids is 2. The van der Waals surface area contributed by atoms with Crippen LogP contribution >= 0.6 is 0 Å². The first-order valence-electron chi connectivity index (χ1n) is 7.45. The third-order valence-electron chi connectivity index (χ3n) is 3.43. The van der Waals surface area contributed by atoms with E-state index in [1.807, 2.05) is 17.7 Å². The van der Waals surface area contributed by atoms with E-state index in [0.717, 1.165) is 12.2 Å². The van der Waals surface area contributed by atoms with E-state index in [1.165, 1.54) is 10.7 Å². The second-order valence-corrected chi connectivity index (χ2v) is 5.06. The number of ether oxygens (including phenoxy) is 1. The van der Waals surface area contributed by atoms with Gasteiger partial charge < -0.3 is 9.64 Å². The van der Waals surface area contributed by atoms with Gasteiger partial charge in [-0.15, -0.1) is 0 Å². The summed E-state index contributed by atoms with van der Waals surface area (Å²) in [5.74, 6) is -0.756. The molecule has 0 aromatic carbocycles. The van der Waals surface area contributed by atoms with Crippen LogP contribution in [0, 0.1) is 0 Å². The fourth-order valence-electron chi connectivity index (χ4n) is 2.26. The first kappa shape index (κ1) is 16.7. The van der Waals surface area contributed by atoms with E-state index in [4.69, 9.17) is 4.74 Å². The van der Waals surface area contributed by atoms with Crippen LogP contribution in [0.25, 0.3) is 0 Å². The predicted octanol–water partition coefficient (Wildman–Crippen LogP) is 1.09. The first-order chi connectivity index (χ1) is 11.0. The number of hydrogen-bond acceptors (Lipinski definition) is 5. The van der Waals surface area contributed by atoms with Crippen molar-refractivity contribution in [1.29, 1.82) is 0 Å². The molecule has 2 rings (SSSR count). The number of hydrogen-bond donors (Lipinski definition) is 0.